The molecular weight excluding hydrogens is 542 g/mol. The number of sulfonamides is 1. The molecule has 14 nitrogen and oxygen atoms in total. The number of aliphatic hydroxyl groups is 1. The van der Waals surface area contributed by atoms with Crippen molar-refractivity contribution in [1.82, 2.24) is 24.7 Å². The standard InChI is InChI=1S/C25H29N7O7S/c1-15-8-9-21(39-15)23-28-29-25(32(23)22-19(37-3)6-5-7-20(22)38-4)30-40(34,35)18-10-16(33)13-31(14-18)24-26-11-17(36-2)12-27-24/h5-9,11-12,16,18,33H,10,13-14H2,1-4H3,(H,29,30)/t16-,18+/m0/s1. The van der Waals surface area contributed by atoms with Crippen LogP contribution in [-0.4, -0.2) is 84.0 Å². The molecule has 4 aromatic rings. The Balaban J connectivity index is 1.53. The van der Waals surface area contributed by atoms with E-state index in [0.29, 0.717) is 34.5 Å². The zero-order valence-corrected chi connectivity index (χ0v) is 23.1. The molecule has 0 bridgehead atoms. The van der Waals surface area contributed by atoms with Crippen molar-refractivity contribution in [3.05, 3.63) is 48.5 Å². The molecule has 1 fully saturated rings. The van der Waals surface area contributed by atoms with Crippen molar-refractivity contribution < 1.29 is 32.2 Å². The fourth-order valence-electron chi connectivity index (χ4n) is 4.53. The molecule has 0 aliphatic carbocycles. The molecule has 0 amide bonds. The highest BCUT2D eigenvalue weighted by molar-refractivity contribution is 7.93. The van der Waals surface area contributed by atoms with Gasteiger partial charge < -0.3 is 28.6 Å². The lowest BCUT2D eigenvalue weighted by Gasteiger charge is -2.35. The Labute approximate surface area is 230 Å². The summed E-state index contributed by atoms with van der Waals surface area (Å²) in [5.41, 5.74) is 0.371. The minimum absolute atomic E-state index is 0.00165. The van der Waals surface area contributed by atoms with Crippen LogP contribution in [0.1, 0.15) is 12.2 Å². The summed E-state index contributed by atoms with van der Waals surface area (Å²) in [7, 11) is 0.348. The Bertz CT molecular complexity index is 1560. The maximum atomic E-state index is 13.7. The smallest absolute Gasteiger partial charge is 0.243 e. The lowest BCUT2D eigenvalue weighted by Crippen LogP contribution is -2.50. The van der Waals surface area contributed by atoms with Crippen LogP contribution in [0, 0.1) is 6.92 Å². The van der Waals surface area contributed by atoms with Crippen LogP contribution in [0.15, 0.2) is 47.1 Å². The van der Waals surface area contributed by atoms with Crippen molar-refractivity contribution in [2.75, 3.05) is 44.0 Å². The van der Waals surface area contributed by atoms with E-state index < -0.39 is 21.4 Å². The number of piperidine rings is 1. The molecule has 212 valence electrons. The number of para-hydroxylation sites is 1. The molecule has 15 heteroatoms. The molecule has 1 aliphatic heterocycles. The lowest BCUT2D eigenvalue weighted by atomic mass is 10.1. The van der Waals surface area contributed by atoms with E-state index in [1.165, 1.54) is 38.3 Å². The lowest BCUT2D eigenvalue weighted by molar-refractivity contribution is 0.154. The fourth-order valence-corrected chi connectivity index (χ4v) is 5.94. The summed E-state index contributed by atoms with van der Waals surface area (Å²) >= 11 is 0. The SMILES string of the molecule is COc1cnc(N2C[C@@H](O)C[C@@H](S(=O)(=O)Nc3nnc(-c4ccc(C)o4)n3-c3c(OC)cccc3OC)C2)nc1. The van der Waals surface area contributed by atoms with Gasteiger partial charge in [0.05, 0.1) is 39.8 Å². The number of nitrogens with one attached hydrogen (secondary N) is 1. The first kappa shape index (κ1) is 27.2. The Kier molecular flexibility index (Phi) is 7.49. The highest BCUT2D eigenvalue weighted by atomic mass is 32.2. The van der Waals surface area contributed by atoms with Gasteiger partial charge in [0, 0.05) is 13.1 Å². The van der Waals surface area contributed by atoms with Crippen molar-refractivity contribution in [3.8, 4) is 34.5 Å². The van der Waals surface area contributed by atoms with Gasteiger partial charge in [-0.05, 0) is 37.6 Å². The zero-order valence-electron chi connectivity index (χ0n) is 22.3. The van der Waals surface area contributed by atoms with Gasteiger partial charge >= 0.3 is 0 Å². The topological polar surface area (TPSA) is 167 Å². The highest BCUT2D eigenvalue weighted by Crippen LogP contribution is 2.38. The fraction of sp³-hybridized carbons (Fsp3) is 0.360. The predicted octanol–water partition coefficient (Wildman–Crippen LogP) is 2.03. The number of aromatic nitrogens is 5. The number of β-amino-alcohol motifs (C(OH)–C–C–N with tert-alkyl or cyclic N) is 1. The zero-order chi connectivity index (χ0) is 28.4. The Morgan fingerprint density at radius 2 is 1.70 bits per heavy atom. The summed E-state index contributed by atoms with van der Waals surface area (Å²) in [4.78, 5) is 10.1. The Morgan fingerprint density at radius 1 is 1.00 bits per heavy atom. The van der Waals surface area contributed by atoms with E-state index in [-0.39, 0.29) is 37.2 Å². The van der Waals surface area contributed by atoms with E-state index in [4.69, 9.17) is 18.6 Å². The van der Waals surface area contributed by atoms with Crippen molar-refractivity contribution in [2.24, 2.45) is 0 Å². The van der Waals surface area contributed by atoms with Gasteiger partial charge in [0.2, 0.25) is 27.7 Å². The quantitative estimate of drug-likeness (QED) is 0.300. The number of aliphatic hydroxyl groups excluding tert-OH is 1. The summed E-state index contributed by atoms with van der Waals surface area (Å²) in [6.07, 6.45) is 2.02. The summed E-state index contributed by atoms with van der Waals surface area (Å²) in [6.45, 7) is 1.99. The number of ether oxygens (including phenoxy) is 3. The Morgan fingerprint density at radius 3 is 2.30 bits per heavy atom. The second-order valence-corrected chi connectivity index (χ2v) is 11.1. The van der Waals surface area contributed by atoms with Gasteiger partial charge in [-0.3, -0.25) is 9.29 Å². The van der Waals surface area contributed by atoms with Crippen molar-refractivity contribution in [2.45, 2.75) is 24.7 Å². The van der Waals surface area contributed by atoms with Crippen LogP contribution in [-0.2, 0) is 10.0 Å². The summed E-state index contributed by atoms with van der Waals surface area (Å²) in [6, 6.07) is 8.62. The molecule has 1 aliphatic rings. The normalized spacial score (nSPS) is 17.5. The van der Waals surface area contributed by atoms with Gasteiger partial charge in [-0.25, -0.2) is 18.4 Å². The third-order valence-corrected chi connectivity index (χ3v) is 8.13. The van der Waals surface area contributed by atoms with Crippen LogP contribution in [0.2, 0.25) is 0 Å². The van der Waals surface area contributed by atoms with Gasteiger partial charge in [-0.15, -0.1) is 10.2 Å². The van der Waals surface area contributed by atoms with Crippen molar-refractivity contribution >= 4 is 21.9 Å². The number of furan rings is 1. The van der Waals surface area contributed by atoms with Crippen LogP contribution >= 0.6 is 0 Å². The molecule has 0 spiro atoms. The van der Waals surface area contributed by atoms with Crippen LogP contribution in [0.4, 0.5) is 11.9 Å². The van der Waals surface area contributed by atoms with E-state index in [1.807, 2.05) is 0 Å². The van der Waals surface area contributed by atoms with Crippen LogP contribution < -0.4 is 23.8 Å². The average molecular weight is 572 g/mol. The van der Waals surface area contributed by atoms with Gasteiger partial charge in [-0.1, -0.05) is 6.07 Å². The van der Waals surface area contributed by atoms with Crippen LogP contribution in [0.3, 0.4) is 0 Å². The number of nitrogens with zero attached hydrogens (tertiary/aromatic N) is 6. The molecular formula is C25H29N7O7S. The van der Waals surface area contributed by atoms with E-state index in [9.17, 15) is 13.5 Å². The second-order valence-electron chi connectivity index (χ2n) is 9.09. The monoisotopic (exact) mass is 571 g/mol. The maximum absolute atomic E-state index is 13.7. The Hall–Kier alpha value is -4.37. The molecule has 2 atom stereocenters. The number of hydrogen-bond donors (Lipinski definition) is 2. The first-order valence-corrected chi connectivity index (χ1v) is 13.8. The molecule has 1 saturated heterocycles. The minimum Gasteiger partial charge on any atom is -0.494 e. The molecule has 2 N–H and O–H groups in total. The third-order valence-electron chi connectivity index (χ3n) is 6.44. The van der Waals surface area contributed by atoms with E-state index in [2.05, 4.69) is 24.9 Å². The number of rotatable bonds is 9. The molecule has 0 unspecified atom stereocenters. The van der Waals surface area contributed by atoms with Crippen LogP contribution in [0.5, 0.6) is 17.2 Å². The predicted molar refractivity (Wildman–Crippen MR) is 145 cm³/mol. The molecule has 5 rings (SSSR count). The number of benzene rings is 1. The van der Waals surface area contributed by atoms with Gasteiger partial charge in [0.1, 0.15) is 28.2 Å². The molecule has 0 radical (unpaired) electrons. The van der Waals surface area contributed by atoms with E-state index >= 15 is 0 Å². The summed E-state index contributed by atoms with van der Waals surface area (Å²) in [5.74, 6) is 2.62. The third kappa shape index (κ3) is 5.24. The molecule has 40 heavy (non-hydrogen) atoms. The van der Waals surface area contributed by atoms with E-state index in [1.54, 1.807) is 42.2 Å². The van der Waals surface area contributed by atoms with Gasteiger partial charge in [-0.2, -0.15) is 0 Å². The summed E-state index contributed by atoms with van der Waals surface area (Å²) < 4.78 is 53.6. The first-order chi connectivity index (χ1) is 19.2. The summed E-state index contributed by atoms with van der Waals surface area (Å²) in [5, 5.41) is 17.9. The van der Waals surface area contributed by atoms with Gasteiger partial charge in [0.15, 0.2) is 11.5 Å². The molecule has 0 saturated carbocycles. The van der Waals surface area contributed by atoms with E-state index in [0.717, 1.165) is 0 Å². The van der Waals surface area contributed by atoms with Crippen molar-refractivity contribution in [1.29, 1.82) is 0 Å². The average Bonchev–Trinajstić information content (AvgIpc) is 3.57. The number of methoxy groups -OCH3 is 3. The maximum Gasteiger partial charge on any atom is 0.243 e. The molecule has 1 aromatic carbocycles. The number of hydrogen-bond acceptors (Lipinski definition) is 12. The largest absolute Gasteiger partial charge is 0.494 e. The molecule has 3 aromatic heterocycles. The number of anilines is 2. The minimum atomic E-state index is -4.12. The number of aryl methyl sites for hydroxylation is 1. The first-order valence-electron chi connectivity index (χ1n) is 12.3. The van der Waals surface area contributed by atoms with Crippen LogP contribution in [0.25, 0.3) is 17.3 Å². The molecule has 4 heterocycles. The van der Waals surface area contributed by atoms with Crippen molar-refractivity contribution in [3.63, 3.8) is 0 Å². The van der Waals surface area contributed by atoms with Gasteiger partial charge in [0.25, 0.3) is 0 Å². The highest BCUT2D eigenvalue weighted by Gasteiger charge is 2.37. The second kappa shape index (κ2) is 11.0.